The molecule has 2 rings (SSSR count). The Balaban J connectivity index is 2.43. The van der Waals surface area contributed by atoms with Crippen molar-refractivity contribution in [1.29, 1.82) is 0 Å². The van der Waals surface area contributed by atoms with Crippen molar-refractivity contribution in [3.63, 3.8) is 0 Å². The summed E-state index contributed by atoms with van der Waals surface area (Å²) < 4.78 is 7.16. The molecule has 0 spiro atoms. The van der Waals surface area contributed by atoms with E-state index in [-0.39, 0.29) is 0 Å². The lowest BCUT2D eigenvalue weighted by Gasteiger charge is -2.10. The van der Waals surface area contributed by atoms with Crippen LogP contribution in [0.3, 0.4) is 0 Å². The lowest BCUT2D eigenvalue weighted by Crippen LogP contribution is -2.29. The average Bonchev–Trinajstić information content (AvgIpc) is 2.74. The van der Waals surface area contributed by atoms with E-state index in [1.807, 2.05) is 44.5 Å². The van der Waals surface area contributed by atoms with Crippen molar-refractivity contribution in [2.24, 2.45) is 12.8 Å². The predicted octanol–water partition coefficient (Wildman–Crippen LogP) is 1.58. The Morgan fingerprint density at radius 3 is 2.50 bits per heavy atom. The maximum absolute atomic E-state index is 5.89. The van der Waals surface area contributed by atoms with Crippen LogP contribution in [0, 0.1) is 6.92 Å². The molecule has 5 heteroatoms. The van der Waals surface area contributed by atoms with Crippen molar-refractivity contribution < 1.29 is 4.52 Å². The van der Waals surface area contributed by atoms with E-state index in [1.165, 1.54) is 0 Å². The molecular formula is C11H16N4O. The van der Waals surface area contributed by atoms with Gasteiger partial charge in [-0.3, -0.25) is 0 Å². The molecule has 5 nitrogen and oxygen atoms in total. The van der Waals surface area contributed by atoms with E-state index in [9.17, 15) is 0 Å². The van der Waals surface area contributed by atoms with Crippen LogP contribution in [-0.2, 0) is 12.6 Å². The van der Waals surface area contributed by atoms with Gasteiger partial charge in [-0.15, -0.1) is 0 Å². The molecule has 0 bridgehead atoms. The second kappa shape index (κ2) is 3.45. The second-order valence-corrected chi connectivity index (χ2v) is 4.56. The molecule has 2 aromatic heterocycles. The topological polar surface area (TPSA) is 69.9 Å². The summed E-state index contributed by atoms with van der Waals surface area (Å²) in [5, 5.41) is 3.94. The Labute approximate surface area is 94.3 Å². The normalized spacial score (nSPS) is 12.1. The van der Waals surface area contributed by atoms with Crippen LogP contribution in [0.25, 0.3) is 11.5 Å². The lowest BCUT2D eigenvalue weighted by molar-refractivity contribution is 0.312. The maximum atomic E-state index is 5.89. The van der Waals surface area contributed by atoms with Crippen molar-refractivity contribution in [2.45, 2.75) is 26.3 Å². The van der Waals surface area contributed by atoms with Crippen molar-refractivity contribution in [3.05, 3.63) is 23.7 Å². The second-order valence-electron chi connectivity index (χ2n) is 4.56. The summed E-state index contributed by atoms with van der Waals surface area (Å²) >= 11 is 0. The van der Waals surface area contributed by atoms with Gasteiger partial charge in [0.25, 0.3) is 0 Å². The lowest BCUT2D eigenvalue weighted by atomic mass is 10.1. The van der Waals surface area contributed by atoms with Gasteiger partial charge >= 0.3 is 0 Å². The molecule has 0 aliphatic rings. The Morgan fingerprint density at radius 2 is 2.06 bits per heavy atom. The highest BCUT2D eigenvalue weighted by atomic mass is 16.5. The average molecular weight is 220 g/mol. The number of nitrogens with zero attached hydrogens (tertiary/aromatic N) is 3. The molecule has 0 amide bonds. The van der Waals surface area contributed by atoms with E-state index in [0.29, 0.717) is 11.7 Å². The third kappa shape index (κ3) is 1.74. The SMILES string of the molecule is Cc1ccc(-c2noc(C(C)(C)N)n2)n1C. The molecule has 0 saturated heterocycles. The summed E-state index contributed by atoms with van der Waals surface area (Å²) in [6.07, 6.45) is 0. The van der Waals surface area contributed by atoms with Crippen LogP contribution in [0.15, 0.2) is 16.7 Å². The first-order valence-corrected chi connectivity index (χ1v) is 5.15. The number of hydrogen-bond donors (Lipinski definition) is 1. The van der Waals surface area contributed by atoms with Gasteiger partial charge in [0.2, 0.25) is 11.7 Å². The van der Waals surface area contributed by atoms with Crippen molar-refractivity contribution >= 4 is 0 Å². The molecule has 16 heavy (non-hydrogen) atoms. The standard InChI is InChI=1S/C11H16N4O/c1-7-5-6-8(15(7)4)9-13-10(16-14-9)11(2,3)12/h5-6H,12H2,1-4H3. The van der Waals surface area contributed by atoms with Gasteiger partial charge in [0, 0.05) is 12.7 Å². The van der Waals surface area contributed by atoms with Gasteiger partial charge in [0.05, 0.1) is 11.2 Å². The molecule has 2 aromatic rings. The van der Waals surface area contributed by atoms with Gasteiger partial charge in [0.15, 0.2) is 0 Å². The van der Waals surface area contributed by atoms with E-state index < -0.39 is 5.54 Å². The van der Waals surface area contributed by atoms with Crippen LogP contribution in [0.4, 0.5) is 0 Å². The molecule has 0 unspecified atom stereocenters. The molecule has 86 valence electrons. The fraction of sp³-hybridized carbons (Fsp3) is 0.455. The molecule has 0 atom stereocenters. The van der Waals surface area contributed by atoms with Gasteiger partial charge in [-0.1, -0.05) is 5.16 Å². The molecule has 0 fully saturated rings. The van der Waals surface area contributed by atoms with Crippen LogP contribution < -0.4 is 5.73 Å². The third-order valence-electron chi connectivity index (χ3n) is 2.58. The van der Waals surface area contributed by atoms with Gasteiger partial charge < -0.3 is 14.8 Å². The summed E-state index contributed by atoms with van der Waals surface area (Å²) in [4.78, 5) is 4.30. The van der Waals surface area contributed by atoms with Crippen LogP contribution in [-0.4, -0.2) is 14.7 Å². The third-order valence-corrected chi connectivity index (χ3v) is 2.58. The fourth-order valence-corrected chi connectivity index (χ4v) is 1.43. The van der Waals surface area contributed by atoms with Crippen LogP contribution in [0.2, 0.25) is 0 Å². The van der Waals surface area contributed by atoms with Gasteiger partial charge in [-0.25, -0.2) is 0 Å². The number of hydrogen-bond acceptors (Lipinski definition) is 4. The minimum absolute atomic E-state index is 0.446. The smallest absolute Gasteiger partial charge is 0.246 e. The zero-order valence-corrected chi connectivity index (χ0v) is 9.98. The largest absolute Gasteiger partial charge is 0.345 e. The number of rotatable bonds is 2. The summed E-state index contributed by atoms with van der Waals surface area (Å²) in [6.45, 7) is 5.69. The minimum Gasteiger partial charge on any atom is -0.345 e. The first-order valence-electron chi connectivity index (χ1n) is 5.15. The Kier molecular flexibility index (Phi) is 2.35. The number of nitrogens with two attached hydrogens (primary N) is 1. The zero-order chi connectivity index (χ0) is 11.9. The molecular weight excluding hydrogens is 204 g/mol. The number of aromatic nitrogens is 3. The highest BCUT2D eigenvalue weighted by Crippen LogP contribution is 2.21. The first kappa shape index (κ1) is 10.9. The summed E-state index contributed by atoms with van der Waals surface area (Å²) in [6, 6.07) is 3.98. The van der Waals surface area contributed by atoms with E-state index in [2.05, 4.69) is 10.1 Å². The fourth-order valence-electron chi connectivity index (χ4n) is 1.43. The van der Waals surface area contributed by atoms with Crippen molar-refractivity contribution in [2.75, 3.05) is 0 Å². The quantitative estimate of drug-likeness (QED) is 0.834. The van der Waals surface area contributed by atoms with Crippen LogP contribution in [0.5, 0.6) is 0 Å². The van der Waals surface area contributed by atoms with Crippen LogP contribution in [0.1, 0.15) is 25.4 Å². The summed E-state index contributed by atoms with van der Waals surface area (Å²) in [5.74, 6) is 1.02. The van der Waals surface area contributed by atoms with E-state index in [0.717, 1.165) is 11.4 Å². The minimum atomic E-state index is -0.606. The monoisotopic (exact) mass is 220 g/mol. The molecule has 0 saturated carbocycles. The Bertz CT molecular complexity index is 504. The van der Waals surface area contributed by atoms with Crippen LogP contribution >= 0.6 is 0 Å². The highest BCUT2D eigenvalue weighted by molar-refractivity contribution is 5.50. The molecule has 2 N–H and O–H groups in total. The van der Waals surface area contributed by atoms with Gasteiger partial charge in [-0.05, 0) is 32.9 Å². The maximum Gasteiger partial charge on any atom is 0.246 e. The summed E-state index contributed by atoms with van der Waals surface area (Å²) in [7, 11) is 1.97. The Hall–Kier alpha value is -1.62. The Morgan fingerprint density at radius 1 is 1.38 bits per heavy atom. The number of aryl methyl sites for hydroxylation is 1. The van der Waals surface area contributed by atoms with Crippen molar-refractivity contribution in [1.82, 2.24) is 14.7 Å². The van der Waals surface area contributed by atoms with E-state index >= 15 is 0 Å². The van der Waals surface area contributed by atoms with Gasteiger partial charge in [-0.2, -0.15) is 4.98 Å². The van der Waals surface area contributed by atoms with E-state index in [4.69, 9.17) is 10.3 Å². The van der Waals surface area contributed by atoms with Gasteiger partial charge in [0.1, 0.15) is 0 Å². The molecule has 0 aromatic carbocycles. The first-order chi connectivity index (χ1) is 7.39. The highest BCUT2D eigenvalue weighted by Gasteiger charge is 2.23. The van der Waals surface area contributed by atoms with Crippen molar-refractivity contribution in [3.8, 4) is 11.5 Å². The molecule has 0 aliphatic heterocycles. The summed E-state index contributed by atoms with van der Waals surface area (Å²) in [5.41, 5.74) is 7.36. The van der Waals surface area contributed by atoms with E-state index in [1.54, 1.807) is 0 Å². The molecule has 0 radical (unpaired) electrons. The zero-order valence-electron chi connectivity index (χ0n) is 9.98. The predicted molar refractivity (Wildman–Crippen MR) is 60.7 cm³/mol. The molecule has 0 aliphatic carbocycles. The molecule has 2 heterocycles.